The largest absolute Gasteiger partial charge is 0.324 e. The minimum Gasteiger partial charge on any atom is -0.324 e. The lowest BCUT2D eigenvalue weighted by Crippen LogP contribution is -2.35. The number of hydrogen-bond acceptors (Lipinski definition) is 2. The number of para-hydroxylation sites is 1. The highest BCUT2D eigenvalue weighted by Gasteiger charge is 2.32. The van der Waals surface area contributed by atoms with Crippen molar-refractivity contribution in [1.29, 1.82) is 0 Å². The maximum absolute atomic E-state index is 13.2. The summed E-state index contributed by atoms with van der Waals surface area (Å²) in [5, 5.41) is 6.58. The summed E-state index contributed by atoms with van der Waals surface area (Å²) in [6, 6.07) is 24.6. The summed E-state index contributed by atoms with van der Waals surface area (Å²) in [5.74, 6) is 0.0290. The number of fused-ring (bicyclic) bond motifs is 2. The Morgan fingerprint density at radius 3 is 2.50 bits per heavy atom. The fourth-order valence-corrected chi connectivity index (χ4v) is 3.64. The van der Waals surface area contributed by atoms with Crippen molar-refractivity contribution >= 4 is 33.3 Å². The molecule has 0 aliphatic carbocycles. The van der Waals surface area contributed by atoms with Gasteiger partial charge in [0.25, 0.3) is 0 Å². The number of hydrogen-bond donors (Lipinski definition) is 1. The van der Waals surface area contributed by atoms with Crippen LogP contribution in [-0.2, 0) is 11.2 Å². The Morgan fingerprint density at radius 1 is 0.929 bits per heavy atom. The van der Waals surface area contributed by atoms with Crippen LogP contribution in [0.1, 0.15) is 25.8 Å². The van der Waals surface area contributed by atoms with Crippen molar-refractivity contribution in [3.05, 3.63) is 84.6 Å². The van der Waals surface area contributed by atoms with Crippen LogP contribution in [0.5, 0.6) is 0 Å². The van der Waals surface area contributed by atoms with E-state index >= 15 is 0 Å². The molecule has 0 spiro atoms. The molecule has 0 radical (unpaired) electrons. The summed E-state index contributed by atoms with van der Waals surface area (Å²) in [6.45, 7) is 4.11. The van der Waals surface area contributed by atoms with Gasteiger partial charge in [-0.1, -0.05) is 74.5 Å². The first-order valence-electron chi connectivity index (χ1n) is 9.72. The Bertz CT molecular complexity index is 1150. The lowest BCUT2D eigenvalue weighted by atomic mass is 9.80. The Balaban J connectivity index is 1.61. The average Bonchev–Trinajstić information content (AvgIpc) is 2.74. The summed E-state index contributed by atoms with van der Waals surface area (Å²) >= 11 is 0. The SMILES string of the molecule is CCC(C)(Cc1ccc2ccccc2c1)C(=O)Nc1cccc2cccnc12. The van der Waals surface area contributed by atoms with Crippen LogP contribution in [0.15, 0.2) is 79.0 Å². The molecule has 140 valence electrons. The van der Waals surface area contributed by atoms with E-state index in [-0.39, 0.29) is 5.91 Å². The lowest BCUT2D eigenvalue weighted by Gasteiger charge is -2.27. The second kappa shape index (κ2) is 7.43. The van der Waals surface area contributed by atoms with Crippen molar-refractivity contribution in [1.82, 2.24) is 4.98 Å². The molecule has 1 N–H and O–H groups in total. The fraction of sp³-hybridized carbons (Fsp3) is 0.200. The fourth-order valence-electron chi connectivity index (χ4n) is 3.64. The van der Waals surface area contributed by atoms with E-state index in [4.69, 9.17) is 0 Å². The highest BCUT2D eigenvalue weighted by molar-refractivity contribution is 6.02. The van der Waals surface area contributed by atoms with Crippen LogP contribution in [0.3, 0.4) is 0 Å². The van der Waals surface area contributed by atoms with E-state index in [2.05, 4.69) is 47.6 Å². The maximum atomic E-state index is 13.2. The molecule has 0 bridgehead atoms. The zero-order valence-electron chi connectivity index (χ0n) is 16.3. The molecule has 1 heterocycles. The molecule has 4 rings (SSSR count). The summed E-state index contributed by atoms with van der Waals surface area (Å²) in [5.41, 5.74) is 2.26. The zero-order valence-corrected chi connectivity index (χ0v) is 16.3. The molecule has 3 aromatic carbocycles. The van der Waals surface area contributed by atoms with Crippen LogP contribution in [0.2, 0.25) is 0 Å². The van der Waals surface area contributed by atoms with Gasteiger partial charge in [0, 0.05) is 11.6 Å². The lowest BCUT2D eigenvalue weighted by molar-refractivity contribution is -0.124. The first-order chi connectivity index (χ1) is 13.6. The van der Waals surface area contributed by atoms with Crippen LogP contribution < -0.4 is 5.32 Å². The topological polar surface area (TPSA) is 42.0 Å². The predicted molar refractivity (Wildman–Crippen MR) is 116 cm³/mol. The van der Waals surface area contributed by atoms with E-state index in [9.17, 15) is 4.79 Å². The molecule has 28 heavy (non-hydrogen) atoms. The number of anilines is 1. The van der Waals surface area contributed by atoms with Crippen molar-refractivity contribution in [2.45, 2.75) is 26.7 Å². The van der Waals surface area contributed by atoms with Crippen molar-refractivity contribution in [3.63, 3.8) is 0 Å². The zero-order chi connectivity index (χ0) is 19.6. The third-order valence-corrected chi connectivity index (χ3v) is 5.62. The highest BCUT2D eigenvalue weighted by Crippen LogP contribution is 2.31. The Hall–Kier alpha value is -3.20. The van der Waals surface area contributed by atoms with Gasteiger partial charge in [-0.25, -0.2) is 0 Å². The molecule has 4 aromatic rings. The number of carbonyl (C=O) groups is 1. The highest BCUT2D eigenvalue weighted by atomic mass is 16.2. The molecule has 0 saturated carbocycles. The smallest absolute Gasteiger partial charge is 0.230 e. The van der Waals surface area contributed by atoms with Gasteiger partial charge in [0.05, 0.1) is 16.6 Å². The van der Waals surface area contributed by atoms with Gasteiger partial charge in [0.1, 0.15) is 0 Å². The number of benzene rings is 3. The van der Waals surface area contributed by atoms with Crippen molar-refractivity contribution in [2.75, 3.05) is 5.32 Å². The average molecular weight is 368 g/mol. The number of pyridine rings is 1. The maximum Gasteiger partial charge on any atom is 0.230 e. The van der Waals surface area contributed by atoms with Gasteiger partial charge in [0.2, 0.25) is 5.91 Å². The standard InChI is InChI=1S/C25H24N2O/c1-3-25(2,17-18-13-14-19-8-4-5-9-21(19)16-18)24(28)27-22-12-6-10-20-11-7-15-26-23(20)22/h4-16H,3,17H2,1-2H3,(H,27,28). The third kappa shape index (κ3) is 3.48. The molecular weight excluding hydrogens is 344 g/mol. The number of nitrogens with one attached hydrogen (secondary N) is 1. The van der Waals surface area contributed by atoms with Crippen LogP contribution >= 0.6 is 0 Å². The van der Waals surface area contributed by atoms with E-state index < -0.39 is 5.41 Å². The minimum atomic E-state index is -0.501. The molecule has 0 saturated heterocycles. The molecule has 0 aliphatic heterocycles. The second-order valence-corrected chi connectivity index (χ2v) is 7.61. The van der Waals surface area contributed by atoms with Gasteiger partial charge >= 0.3 is 0 Å². The molecule has 3 heteroatoms. The summed E-state index contributed by atoms with van der Waals surface area (Å²) in [6.07, 6.45) is 3.20. The molecule has 1 amide bonds. The van der Waals surface area contributed by atoms with Gasteiger partial charge in [-0.05, 0) is 41.3 Å². The molecule has 3 nitrogen and oxygen atoms in total. The van der Waals surface area contributed by atoms with Crippen molar-refractivity contribution in [2.24, 2.45) is 5.41 Å². The first kappa shape index (κ1) is 18.2. The molecule has 1 unspecified atom stereocenters. The molecule has 0 fully saturated rings. The van der Waals surface area contributed by atoms with Gasteiger partial charge in [-0.15, -0.1) is 0 Å². The Kier molecular flexibility index (Phi) is 4.82. The monoisotopic (exact) mass is 368 g/mol. The summed E-state index contributed by atoms with van der Waals surface area (Å²) in [7, 11) is 0. The third-order valence-electron chi connectivity index (χ3n) is 5.62. The van der Waals surface area contributed by atoms with Gasteiger partial charge in [-0.2, -0.15) is 0 Å². The summed E-state index contributed by atoms with van der Waals surface area (Å²) < 4.78 is 0. The van der Waals surface area contributed by atoms with Crippen molar-refractivity contribution < 1.29 is 4.79 Å². The van der Waals surface area contributed by atoms with Gasteiger partial charge < -0.3 is 5.32 Å². The van der Waals surface area contributed by atoms with E-state index in [1.54, 1.807) is 6.20 Å². The van der Waals surface area contributed by atoms with Gasteiger partial charge in [-0.3, -0.25) is 9.78 Å². The van der Waals surface area contributed by atoms with E-state index in [0.29, 0.717) is 6.42 Å². The van der Waals surface area contributed by atoms with Crippen LogP contribution in [-0.4, -0.2) is 10.9 Å². The van der Waals surface area contributed by atoms with Gasteiger partial charge in [0.15, 0.2) is 0 Å². The number of nitrogens with zero attached hydrogens (tertiary/aromatic N) is 1. The minimum absolute atomic E-state index is 0.0290. The van der Waals surface area contributed by atoms with Crippen molar-refractivity contribution in [3.8, 4) is 0 Å². The number of rotatable bonds is 5. The number of aromatic nitrogens is 1. The quantitative estimate of drug-likeness (QED) is 0.470. The van der Waals surface area contributed by atoms with E-state index in [0.717, 1.165) is 23.0 Å². The predicted octanol–water partition coefficient (Wildman–Crippen LogP) is 5.99. The van der Waals surface area contributed by atoms with E-state index in [1.807, 2.05) is 49.4 Å². The Morgan fingerprint density at radius 2 is 1.68 bits per heavy atom. The summed E-state index contributed by atoms with van der Waals surface area (Å²) in [4.78, 5) is 17.7. The van der Waals surface area contributed by atoms with Crippen LogP contribution in [0.4, 0.5) is 5.69 Å². The molecule has 1 aromatic heterocycles. The molecule has 0 aliphatic rings. The first-order valence-corrected chi connectivity index (χ1v) is 9.72. The molecular formula is C25H24N2O. The van der Waals surface area contributed by atoms with Crippen LogP contribution in [0.25, 0.3) is 21.7 Å². The number of amides is 1. The van der Waals surface area contributed by atoms with Crippen LogP contribution in [0, 0.1) is 5.41 Å². The normalized spacial score (nSPS) is 13.4. The second-order valence-electron chi connectivity index (χ2n) is 7.61. The molecule has 1 atom stereocenters. The Labute approximate surface area is 165 Å². The van der Waals surface area contributed by atoms with E-state index in [1.165, 1.54) is 16.3 Å². The number of carbonyl (C=O) groups excluding carboxylic acids is 1.